The first-order chi connectivity index (χ1) is 12.2. The minimum Gasteiger partial charge on any atom is -0.480 e. The van der Waals surface area contributed by atoms with Crippen LogP contribution in [-0.4, -0.2) is 75.1 Å². The maximum atomic E-state index is 11.9. The summed E-state index contributed by atoms with van der Waals surface area (Å²) in [6, 6.07) is -2.27. The highest BCUT2D eigenvalue weighted by molar-refractivity contribution is 5.92. The molecule has 0 aromatic carbocycles. The predicted octanol–water partition coefficient (Wildman–Crippen LogP) is -3.54. The maximum absolute atomic E-state index is 11.9. The van der Waals surface area contributed by atoms with Gasteiger partial charge in [-0.15, -0.1) is 0 Å². The number of aliphatic carboxylic acids is 1. The molecule has 12 nitrogen and oxygen atoms in total. The Labute approximate surface area is 148 Å². The molecule has 0 saturated heterocycles. The highest BCUT2D eigenvalue weighted by Crippen LogP contribution is 1.96. The van der Waals surface area contributed by atoms with Crippen molar-refractivity contribution in [1.82, 2.24) is 25.9 Å². The van der Waals surface area contributed by atoms with Crippen LogP contribution >= 0.6 is 0 Å². The summed E-state index contributed by atoms with van der Waals surface area (Å²) < 4.78 is 0. The second-order valence-electron chi connectivity index (χ2n) is 5.50. The number of H-pyrrole nitrogens is 1. The van der Waals surface area contributed by atoms with Crippen molar-refractivity contribution in [2.24, 2.45) is 5.73 Å². The third-order valence-corrected chi connectivity index (χ3v) is 3.25. The molecule has 0 saturated carbocycles. The summed E-state index contributed by atoms with van der Waals surface area (Å²) in [5.41, 5.74) is 6.36. The number of carboxylic acid groups (broad SMARTS) is 1. The Morgan fingerprint density at radius 3 is 2.42 bits per heavy atom. The van der Waals surface area contributed by atoms with E-state index in [1.807, 2.05) is 5.32 Å². The largest absolute Gasteiger partial charge is 0.480 e. The summed E-state index contributed by atoms with van der Waals surface area (Å²) in [6.45, 7) is 0.131. The molecular formula is C14H22N6O6. The van der Waals surface area contributed by atoms with Crippen LogP contribution in [0.3, 0.4) is 0 Å². The van der Waals surface area contributed by atoms with E-state index in [9.17, 15) is 24.3 Å². The molecule has 1 aromatic heterocycles. The fraction of sp³-hybridized carbons (Fsp3) is 0.500. The molecule has 3 unspecified atom stereocenters. The Morgan fingerprint density at radius 2 is 1.88 bits per heavy atom. The first kappa shape index (κ1) is 21.1. The third-order valence-electron chi connectivity index (χ3n) is 3.25. The Morgan fingerprint density at radius 1 is 1.23 bits per heavy atom. The molecule has 0 spiro atoms. The van der Waals surface area contributed by atoms with Gasteiger partial charge >= 0.3 is 5.97 Å². The SMILES string of the molecule is CC(O)C(NC(=O)CNC(=O)C(N)Cc1cnc[nH]1)C(=O)NCC(=O)O. The summed E-state index contributed by atoms with van der Waals surface area (Å²) in [4.78, 5) is 52.5. The van der Waals surface area contributed by atoms with Crippen molar-refractivity contribution in [3.05, 3.63) is 18.2 Å². The van der Waals surface area contributed by atoms with Gasteiger partial charge in [-0.2, -0.15) is 0 Å². The molecule has 12 heteroatoms. The van der Waals surface area contributed by atoms with Gasteiger partial charge in [0.15, 0.2) is 0 Å². The van der Waals surface area contributed by atoms with Gasteiger partial charge in [0.2, 0.25) is 17.7 Å². The average Bonchev–Trinajstić information content (AvgIpc) is 3.07. The number of aliphatic hydroxyl groups is 1. The number of aromatic amines is 1. The fourth-order valence-corrected chi connectivity index (χ4v) is 1.93. The lowest BCUT2D eigenvalue weighted by Gasteiger charge is -2.20. The zero-order valence-electron chi connectivity index (χ0n) is 14.1. The smallest absolute Gasteiger partial charge is 0.322 e. The van der Waals surface area contributed by atoms with Gasteiger partial charge in [0, 0.05) is 18.3 Å². The molecule has 0 bridgehead atoms. The van der Waals surface area contributed by atoms with Crippen LogP contribution in [0.25, 0.3) is 0 Å². The van der Waals surface area contributed by atoms with Gasteiger partial charge in [-0.25, -0.2) is 4.98 Å². The Hall–Kier alpha value is -2.99. The van der Waals surface area contributed by atoms with E-state index in [0.717, 1.165) is 0 Å². The second-order valence-corrected chi connectivity index (χ2v) is 5.50. The van der Waals surface area contributed by atoms with Crippen LogP contribution < -0.4 is 21.7 Å². The normalized spacial score (nSPS) is 14.0. The number of rotatable bonds is 10. The summed E-state index contributed by atoms with van der Waals surface area (Å²) in [6.07, 6.45) is 1.88. The molecule has 144 valence electrons. The molecule has 8 N–H and O–H groups in total. The van der Waals surface area contributed by atoms with Crippen molar-refractivity contribution in [3.63, 3.8) is 0 Å². The minimum atomic E-state index is -1.36. The van der Waals surface area contributed by atoms with Gasteiger partial charge < -0.3 is 36.9 Å². The van der Waals surface area contributed by atoms with Gasteiger partial charge in [0.1, 0.15) is 12.6 Å². The number of aromatic nitrogens is 2. The molecule has 0 fully saturated rings. The van der Waals surface area contributed by atoms with Crippen molar-refractivity contribution in [1.29, 1.82) is 0 Å². The predicted molar refractivity (Wildman–Crippen MR) is 87.5 cm³/mol. The molecule has 1 rings (SSSR count). The van der Waals surface area contributed by atoms with E-state index >= 15 is 0 Å². The zero-order valence-corrected chi connectivity index (χ0v) is 14.1. The molecule has 26 heavy (non-hydrogen) atoms. The third kappa shape index (κ3) is 7.27. The van der Waals surface area contributed by atoms with Gasteiger partial charge in [-0.05, 0) is 6.92 Å². The van der Waals surface area contributed by atoms with E-state index in [4.69, 9.17) is 10.8 Å². The van der Waals surface area contributed by atoms with Crippen LogP contribution in [0.2, 0.25) is 0 Å². The van der Waals surface area contributed by atoms with E-state index in [1.165, 1.54) is 19.4 Å². The van der Waals surface area contributed by atoms with Crippen LogP contribution in [0, 0.1) is 0 Å². The molecule has 0 radical (unpaired) electrons. The Bertz CT molecular complexity index is 632. The maximum Gasteiger partial charge on any atom is 0.322 e. The number of aliphatic hydroxyl groups excluding tert-OH is 1. The summed E-state index contributed by atoms with van der Waals surface area (Å²) in [7, 11) is 0. The average molecular weight is 370 g/mol. The number of imidazole rings is 1. The molecule has 3 amide bonds. The van der Waals surface area contributed by atoms with Crippen LogP contribution in [0.5, 0.6) is 0 Å². The molecule has 3 atom stereocenters. The molecule has 0 aliphatic carbocycles. The number of carbonyl (C=O) groups excluding carboxylic acids is 3. The van der Waals surface area contributed by atoms with E-state index in [-0.39, 0.29) is 6.42 Å². The van der Waals surface area contributed by atoms with E-state index in [1.54, 1.807) is 0 Å². The number of carboxylic acids is 1. The molecule has 1 heterocycles. The lowest BCUT2D eigenvalue weighted by Crippen LogP contribution is -2.55. The van der Waals surface area contributed by atoms with Gasteiger partial charge in [0.25, 0.3) is 0 Å². The van der Waals surface area contributed by atoms with Crippen LogP contribution in [0.4, 0.5) is 0 Å². The Kier molecular flexibility index (Phi) is 8.18. The van der Waals surface area contributed by atoms with Crippen molar-refractivity contribution in [3.8, 4) is 0 Å². The van der Waals surface area contributed by atoms with Crippen molar-refractivity contribution in [2.45, 2.75) is 31.5 Å². The van der Waals surface area contributed by atoms with Crippen LogP contribution in [0.15, 0.2) is 12.5 Å². The zero-order chi connectivity index (χ0) is 19.7. The summed E-state index contributed by atoms with van der Waals surface area (Å²) in [5.74, 6) is -3.47. The standard InChI is InChI=1S/C14H22N6O6/c1-7(21)12(14(26)18-5-11(23)24)20-10(22)4-17-13(25)9(15)2-8-3-16-6-19-8/h3,6-7,9,12,21H,2,4-5,15H2,1H3,(H,16,19)(H,17,25)(H,18,26)(H,20,22)(H,23,24). The quantitative estimate of drug-likeness (QED) is 0.219. The lowest BCUT2D eigenvalue weighted by atomic mass is 10.1. The van der Waals surface area contributed by atoms with Crippen LogP contribution in [-0.2, 0) is 25.6 Å². The van der Waals surface area contributed by atoms with Crippen molar-refractivity contribution >= 4 is 23.7 Å². The van der Waals surface area contributed by atoms with E-state index < -0.39 is 55.0 Å². The fourth-order valence-electron chi connectivity index (χ4n) is 1.93. The summed E-state index contributed by atoms with van der Waals surface area (Å²) >= 11 is 0. The number of nitrogens with one attached hydrogen (secondary N) is 4. The number of hydrogen-bond acceptors (Lipinski definition) is 7. The molecule has 1 aromatic rings. The topological polar surface area (TPSA) is 200 Å². The molecule has 0 aliphatic heterocycles. The first-order valence-corrected chi connectivity index (χ1v) is 7.68. The lowest BCUT2D eigenvalue weighted by molar-refractivity contribution is -0.139. The highest BCUT2D eigenvalue weighted by Gasteiger charge is 2.26. The van der Waals surface area contributed by atoms with Crippen LogP contribution in [0.1, 0.15) is 12.6 Å². The summed E-state index contributed by atoms with van der Waals surface area (Å²) in [5, 5.41) is 24.7. The molecule has 0 aliphatic rings. The number of nitrogens with zero attached hydrogens (tertiary/aromatic N) is 1. The second kappa shape index (κ2) is 10.1. The minimum absolute atomic E-state index is 0.196. The van der Waals surface area contributed by atoms with Crippen molar-refractivity contribution < 1.29 is 29.4 Å². The number of nitrogens with two attached hydrogens (primary N) is 1. The highest BCUT2D eigenvalue weighted by atomic mass is 16.4. The van der Waals surface area contributed by atoms with Gasteiger partial charge in [0.05, 0.1) is 25.0 Å². The van der Waals surface area contributed by atoms with Gasteiger partial charge in [-0.3, -0.25) is 19.2 Å². The first-order valence-electron chi connectivity index (χ1n) is 7.68. The number of amides is 3. The monoisotopic (exact) mass is 370 g/mol. The Balaban J connectivity index is 2.45. The van der Waals surface area contributed by atoms with Crippen molar-refractivity contribution in [2.75, 3.05) is 13.1 Å². The van der Waals surface area contributed by atoms with E-state index in [2.05, 4.69) is 20.6 Å². The van der Waals surface area contributed by atoms with Gasteiger partial charge in [-0.1, -0.05) is 0 Å². The number of carbonyl (C=O) groups is 4. The molecular weight excluding hydrogens is 348 g/mol. The van der Waals surface area contributed by atoms with E-state index in [0.29, 0.717) is 5.69 Å². The number of hydrogen-bond donors (Lipinski definition) is 7.